The lowest BCUT2D eigenvalue weighted by molar-refractivity contribution is 0.205. The van der Waals surface area contributed by atoms with Crippen LogP contribution in [0.25, 0.3) is 0 Å². The second kappa shape index (κ2) is 6.16. The fourth-order valence-electron chi connectivity index (χ4n) is 2.67. The second-order valence-electron chi connectivity index (χ2n) is 5.00. The van der Waals surface area contributed by atoms with Gasteiger partial charge in [0.25, 0.3) is 0 Å². The molecular formula is C14H22N2O2. The number of nitrogens with zero attached hydrogens (tertiary/aromatic N) is 1. The molecule has 1 aliphatic carbocycles. The van der Waals surface area contributed by atoms with Gasteiger partial charge in [0.1, 0.15) is 5.75 Å². The normalized spacial score (nSPS) is 23.3. The fraction of sp³-hybridized carbons (Fsp3) is 0.643. The summed E-state index contributed by atoms with van der Waals surface area (Å²) in [7, 11) is 1.67. The molecule has 1 heterocycles. The van der Waals surface area contributed by atoms with Gasteiger partial charge in [-0.3, -0.25) is 4.98 Å². The van der Waals surface area contributed by atoms with E-state index in [1.807, 2.05) is 19.1 Å². The quantitative estimate of drug-likeness (QED) is 0.834. The number of hydrogen-bond donors (Lipinski definition) is 2. The molecule has 0 saturated heterocycles. The average Bonchev–Trinajstić information content (AvgIpc) is 2.83. The van der Waals surface area contributed by atoms with E-state index in [0.717, 1.165) is 36.5 Å². The molecule has 1 aromatic heterocycles. The van der Waals surface area contributed by atoms with Crippen molar-refractivity contribution in [3.05, 3.63) is 23.5 Å². The Labute approximate surface area is 108 Å². The second-order valence-corrected chi connectivity index (χ2v) is 5.00. The van der Waals surface area contributed by atoms with Crippen LogP contribution in [0.2, 0.25) is 0 Å². The average molecular weight is 250 g/mol. The molecule has 2 rings (SSSR count). The van der Waals surface area contributed by atoms with Gasteiger partial charge in [-0.2, -0.15) is 0 Å². The number of nitrogens with one attached hydrogen (secondary N) is 1. The Hall–Kier alpha value is -1.13. The van der Waals surface area contributed by atoms with Gasteiger partial charge in [-0.05, 0) is 25.7 Å². The highest BCUT2D eigenvalue weighted by Crippen LogP contribution is 2.25. The summed E-state index contributed by atoms with van der Waals surface area (Å²) < 4.78 is 5.24. The predicted octanol–water partition coefficient (Wildman–Crippen LogP) is 1.65. The van der Waals surface area contributed by atoms with Crippen molar-refractivity contribution in [1.29, 1.82) is 0 Å². The minimum Gasteiger partial charge on any atom is -0.497 e. The molecule has 1 fully saturated rings. The van der Waals surface area contributed by atoms with E-state index in [9.17, 15) is 5.11 Å². The Morgan fingerprint density at radius 2 is 2.28 bits per heavy atom. The van der Waals surface area contributed by atoms with Crippen molar-refractivity contribution in [3.63, 3.8) is 0 Å². The maximum absolute atomic E-state index is 9.28. The lowest BCUT2D eigenvalue weighted by atomic mass is 10.1. The number of aliphatic hydroxyl groups is 1. The number of aryl methyl sites for hydroxylation is 1. The van der Waals surface area contributed by atoms with Gasteiger partial charge < -0.3 is 15.2 Å². The van der Waals surface area contributed by atoms with Crippen molar-refractivity contribution < 1.29 is 9.84 Å². The molecule has 1 aliphatic rings. The van der Waals surface area contributed by atoms with Gasteiger partial charge in [0.15, 0.2) is 0 Å². The minimum atomic E-state index is 0.280. The van der Waals surface area contributed by atoms with E-state index in [0.29, 0.717) is 12.0 Å². The smallest absolute Gasteiger partial charge is 0.122 e. The Kier molecular flexibility index (Phi) is 4.55. The molecule has 0 aliphatic heterocycles. The summed E-state index contributed by atoms with van der Waals surface area (Å²) in [5.74, 6) is 1.25. The molecule has 4 nitrogen and oxygen atoms in total. The molecule has 0 aromatic carbocycles. The number of aromatic nitrogens is 1. The first-order chi connectivity index (χ1) is 8.72. The van der Waals surface area contributed by atoms with E-state index in [1.165, 1.54) is 6.42 Å². The highest BCUT2D eigenvalue weighted by Gasteiger charge is 2.25. The molecule has 1 aromatic rings. The molecule has 4 heteroatoms. The summed E-state index contributed by atoms with van der Waals surface area (Å²) >= 11 is 0. The molecule has 1 saturated carbocycles. The van der Waals surface area contributed by atoms with Crippen LogP contribution in [0.3, 0.4) is 0 Å². The maximum Gasteiger partial charge on any atom is 0.122 e. The zero-order chi connectivity index (χ0) is 13.0. The molecule has 0 radical (unpaired) electrons. The molecule has 18 heavy (non-hydrogen) atoms. The molecule has 2 atom stereocenters. The van der Waals surface area contributed by atoms with Crippen LogP contribution in [0, 0.1) is 12.8 Å². The minimum absolute atomic E-state index is 0.280. The van der Waals surface area contributed by atoms with Gasteiger partial charge in [-0.1, -0.05) is 6.42 Å². The van der Waals surface area contributed by atoms with Crippen molar-refractivity contribution >= 4 is 0 Å². The summed E-state index contributed by atoms with van der Waals surface area (Å²) in [5, 5.41) is 12.8. The predicted molar refractivity (Wildman–Crippen MR) is 70.6 cm³/mol. The fourth-order valence-corrected chi connectivity index (χ4v) is 2.67. The molecule has 2 unspecified atom stereocenters. The van der Waals surface area contributed by atoms with Crippen LogP contribution in [0.1, 0.15) is 30.7 Å². The van der Waals surface area contributed by atoms with Gasteiger partial charge in [0.2, 0.25) is 0 Å². The molecule has 0 amide bonds. The Bertz CT molecular complexity index is 395. The van der Waals surface area contributed by atoms with E-state index >= 15 is 0 Å². The standard InChI is InChI=1S/C14H22N2O2/c1-10-6-13(18-2)7-12(16-10)8-15-14-5-3-4-11(14)9-17/h6-7,11,14-15,17H,3-5,8-9H2,1-2H3. The van der Waals surface area contributed by atoms with Crippen molar-refractivity contribution in [2.45, 2.75) is 38.8 Å². The number of ether oxygens (including phenoxy) is 1. The first-order valence-electron chi connectivity index (χ1n) is 6.58. The summed E-state index contributed by atoms with van der Waals surface area (Å²) in [6, 6.07) is 4.31. The zero-order valence-corrected chi connectivity index (χ0v) is 11.1. The number of hydrogen-bond acceptors (Lipinski definition) is 4. The van der Waals surface area contributed by atoms with Crippen LogP contribution < -0.4 is 10.1 Å². The highest BCUT2D eigenvalue weighted by atomic mass is 16.5. The van der Waals surface area contributed by atoms with Gasteiger partial charge >= 0.3 is 0 Å². The van der Waals surface area contributed by atoms with Crippen LogP contribution in [0.15, 0.2) is 12.1 Å². The highest BCUT2D eigenvalue weighted by molar-refractivity contribution is 5.26. The molecule has 2 N–H and O–H groups in total. The zero-order valence-electron chi connectivity index (χ0n) is 11.1. The largest absolute Gasteiger partial charge is 0.497 e. The third-order valence-electron chi connectivity index (χ3n) is 3.65. The van der Waals surface area contributed by atoms with Crippen molar-refractivity contribution in [2.24, 2.45) is 5.92 Å². The van der Waals surface area contributed by atoms with Gasteiger partial charge in [0, 0.05) is 37.0 Å². The lowest BCUT2D eigenvalue weighted by Crippen LogP contribution is -2.33. The SMILES string of the molecule is COc1cc(C)nc(CNC2CCCC2CO)c1. The van der Waals surface area contributed by atoms with Crippen molar-refractivity contribution in [2.75, 3.05) is 13.7 Å². The number of aliphatic hydroxyl groups excluding tert-OH is 1. The van der Waals surface area contributed by atoms with Gasteiger partial charge in [0.05, 0.1) is 12.8 Å². The third-order valence-corrected chi connectivity index (χ3v) is 3.65. The molecule has 100 valence electrons. The molecule has 0 spiro atoms. The maximum atomic E-state index is 9.28. The van der Waals surface area contributed by atoms with E-state index in [-0.39, 0.29) is 6.61 Å². The first-order valence-corrected chi connectivity index (χ1v) is 6.58. The van der Waals surface area contributed by atoms with Crippen LogP contribution in [-0.2, 0) is 6.54 Å². The van der Waals surface area contributed by atoms with E-state index in [2.05, 4.69) is 10.3 Å². The van der Waals surface area contributed by atoms with E-state index in [4.69, 9.17) is 4.74 Å². The van der Waals surface area contributed by atoms with E-state index < -0.39 is 0 Å². The van der Waals surface area contributed by atoms with Gasteiger partial charge in [-0.25, -0.2) is 0 Å². The topological polar surface area (TPSA) is 54.4 Å². The van der Waals surface area contributed by atoms with Crippen molar-refractivity contribution in [1.82, 2.24) is 10.3 Å². The summed E-state index contributed by atoms with van der Waals surface area (Å²) in [6.45, 7) is 2.99. The van der Waals surface area contributed by atoms with Crippen LogP contribution >= 0.6 is 0 Å². The molecular weight excluding hydrogens is 228 g/mol. The number of methoxy groups -OCH3 is 1. The number of rotatable bonds is 5. The Morgan fingerprint density at radius 1 is 1.44 bits per heavy atom. The molecule has 0 bridgehead atoms. The first kappa shape index (κ1) is 13.3. The van der Waals surface area contributed by atoms with Gasteiger partial charge in [-0.15, -0.1) is 0 Å². The monoisotopic (exact) mass is 250 g/mol. The number of pyridine rings is 1. The van der Waals surface area contributed by atoms with Crippen LogP contribution in [0.5, 0.6) is 5.75 Å². The van der Waals surface area contributed by atoms with Crippen LogP contribution in [0.4, 0.5) is 0 Å². The van der Waals surface area contributed by atoms with Crippen molar-refractivity contribution in [3.8, 4) is 5.75 Å². The summed E-state index contributed by atoms with van der Waals surface area (Å²) in [5.41, 5.74) is 1.96. The lowest BCUT2D eigenvalue weighted by Gasteiger charge is -2.19. The van der Waals surface area contributed by atoms with E-state index in [1.54, 1.807) is 7.11 Å². The third kappa shape index (κ3) is 3.21. The van der Waals surface area contributed by atoms with Crippen LogP contribution in [-0.4, -0.2) is 29.8 Å². The Morgan fingerprint density at radius 3 is 3.00 bits per heavy atom. The summed E-state index contributed by atoms with van der Waals surface area (Å²) in [4.78, 5) is 4.49. The summed E-state index contributed by atoms with van der Waals surface area (Å²) in [6.07, 6.45) is 3.47. The Balaban J connectivity index is 1.95.